The molecule has 1 aliphatic heterocycles. The second-order valence-corrected chi connectivity index (χ2v) is 7.39. The topological polar surface area (TPSA) is 48.1 Å². The molecule has 1 fully saturated rings. The molecular formula is C21H27N3O. The average molecular weight is 337 g/mol. The molecule has 2 N–H and O–H groups in total. The highest BCUT2D eigenvalue weighted by Gasteiger charge is 2.25. The van der Waals surface area contributed by atoms with Crippen molar-refractivity contribution < 1.29 is 4.79 Å². The Morgan fingerprint density at radius 1 is 1.16 bits per heavy atom. The number of amides is 2. The number of hydrogen-bond acceptors (Lipinski definition) is 1. The first-order chi connectivity index (χ1) is 12.3. The number of aromatic nitrogens is 1. The van der Waals surface area contributed by atoms with E-state index in [1.54, 1.807) is 0 Å². The minimum atomic E-state index is 0.118. The Hall–Kier alpha value is -2.23. The SMILES string of the molecule is O=C(NCC1CC=CCC1)N1CCC(c2c[nH]c3ccccc23)CC1. The first-order valence-electron chi connectivity index (χ1n) is 9.55. The highest BCUT2D eigenvalue weighted by atomic mass is 16.2. The van der Waals surface area contributed by atoms with E-state index in [4.69, 9.17) is 0 Å². The lowest BCUT2D eigenvalue weighted by Gasteiger charge is -2.32. The summed E-state index contributed by atoms with van der Waals surface area (Å²) in [5.74, 6) is 1.15. The Kier molecular flexibility index (Phi) is 4.77. The molecule has 132 valence electrons. The predicted molar refractivity (Wildman–Crippen MR) is 102 cm³/mol. The van der Waals surface area contributed by atoms with Crippen molar-refractivity contribution in [1.82, 2.24) is 15.2 Å². The van der Waals surface area contributed by atoms with E-state index in [2.05, 4.69) is 52.9 Å². The lowest BCUT2D eigenvalue weighted by Crippen LogP contribution is -2.45. The molecule has 0 radical (unpaired) electrons. The molecular weight excluding hydrogens is 310 g/mol. The maximum absolute atomic E-state index is 12.4. The van der Waals surface area contributed by atoms with E-state index in [1.165, 1.54) is 22.9 Å². The number of fused-ring (bicyclic) bond motifs is 1. The van der Waals surface area contributed by atoms with E-state index in [0.717, 1.165) is 45.3 Å². The number of carbonyl (C=O) groups excluding carboxylic acids is 1. The van der Waals surface area contributed by atoms with Crippen LogP contribution in [0.25, 0.3) is 10.9 Å². The van der Waals surface area contributed by atoms with Crippen LogP contribution in [0.2, 0.25) is 0 Å². The van der Waals surface area contributed by atoms with Crippen molar-refractivity contribution in [3.63, 3.8) is 0 Å². The summed E-state index contributed by atoms with van der Waals surface area (Å²) in [5.41, 5.74) is 2.61. The largest absolute Gasteiger partial charge is 0.361 e. The maximum Gasteiger partial charge on any atom is 0.317 e. The summed E-state index contributed by atoms with van der Waals surface area (Å²) < 4.78 is 0. The molecule has 1 aromatic carbocycles. The van der Waals surface area contributed by atoms with Gasteiger partial charge in [0.05, 0.1) is 0 Å². The number of hydrogen-bond donors (Lipinski definition) is 2. The number of allylic oxidation sites excluding steroid dienone is 2. The standard InChI is InChI=1S/C21H27N3O/c25-21(23-14-16-6-2-1-3-7-16)24-12-10-17(11-13-24)19-15-22-20-9-5-4-8-18(19)20/h1-2,4-5,8-9,15-17,22H,3,6-7,10-14H2,(H,23,25). The zero-order valence-electron chi connectivity index (χ0n) is 14.7. The highest BCUT2D eigenvalue weighted by Crippen LogP contribution is 2.33. The monoisotopic (exact) mass is 337 g/mol. The minimum absolute atomic E-state index is 0.118. The number of likely N-dealkylation sites (tertiary alicyclic amines) is 1. The summed E-state index contributed by atoms with van der Waals surface area (Å²) in [6.07, 6.45) is 12.2. The van der Waals surface area contributed by atoms with Crippen LogP contribution in [0, 0.1) is 5.92 Å². The van der Waals surface area contributed by atoms with Gasteiger partial charge in [0, 0.05) is 36.7 Å². The van der Waals surface area contributed by atoms with Crippen LogP contribution >= 0.6 is 0 Å². The second kappa shape index (κ2) is 7.34. The molecule has 1 aromatic heterocycles. The number of nitrogens with zero attached hydrogens (tertiary/aromatic N) is 1. The first kappa shape index (κ1) is 16.2. The molecule has 4 heteroatoms. The number of carbonyl (C=O) groups is 1. The van der Waals surface area contributed by atoms with Crippen molar-refractivity contribution in [3.05, 3.63) is 48.2 Å². The number of piperidine rings is 1. The lowest BCUT2D eigenvalue weighted by molar-refractivity contribution is 0.179. The van der Waals surface area contributed by atoms with Crippen molar-refractivity contribution in [1.29, 1.82) is 0 Å². The Bertz CT molecular complexity index is 755. The van der Waals surface area contributed by atoms with Gasteiger partial charge in [-0.1, -0.05) is 30.4 Å². The van der Waals surface area contributed by atoms with Gasteiger partial charge >= 0.3 is 6.03 Å². The van der Waals surface area contributed by atoms with Gasteiger partial charge in [-0.05, 0) is 55.6 Å². The lowest BCUT2D eigenvalue weighted by atomic mass is 9.89. The van der Waals surface area contributed by atoms with Gasteiger partial charge in [0.1, 0.15) is 0 Å². The predicted octanol–water partition coefficient (Wildman–Crippen LogP) is 4.41. The molecule has 1 saturated heterocycles. The van der Waals surface area contributed by atoms with E-state index >= 15 is 0 Å². The maximum atomic E-state index is 12.4. The third kappa shape index (κ3) is 3.58. The van der Waals surface area contributed by atoms with Crippen LogP contribution in [0.4, 0.5) is 4.79 Å². The van der Waals surface area contributed by atoms with Crippen molar-refractivity contribution in [2.24, 2.45) is 5.92 Å². The molecule has 1 unspecified atom stereocenters. The van der Waals surface area contributed by atoms with Crippen molar-refractivity contribution in [3.8, 4) is 0 Å². The fourth-order valence-electron chi connectivity index (χ4n) is 4.21. The summed E-state index contributed by atoms with van der Waals surface area (Å²) in [4.78, 5) is 17.8. The fraction of sp³-hybridized carbons (Fsp3) is 0.476. The number of para-hydroxylation sites is 1. The fourth-order valence-corrected chi connectivity index (χ4v) is 4.21. The normalized spacial score (nSPS) is 21.6. The molecule has 4 rings (SSSR count). The Morgan fingerprint density at radius 2 is 2.00 bits per heavy atom. The van der Waals surface area contributed by atoms with Gasteiger partial charge in [-0.3, -0.25) is 0 Å². The molecule has 2 amide bonds. The Morgan fingerprint density at radius 3 is 2.80 bits per heavy atom. The summed E-state index contributed by atoms with van der Waals surface area (Å²) in [5, 5.41) is 4.48. The third-order valence-corrected chi connectivity index (χ3v) is 5.76. The summed E-state index contributed by atoms with van der Waals surface area (Å²) in [6.45, 7) is 2.51. The van der Waals surface area contributed by atoms with Gasteiger partial charge in [-0.25, -0.2) is 4.79 Å². The Labute approximate surface area is 149 Å². The number of rotatable bonds is 3. The number of nitrogens with one attached hydrogen (secondary N) is 2. The summed E-state index contributed by atoms with van der Waals surface area (Å²) in [6, 6.07) is 8.60. The van der Waals surface area contributed by atoms with E-state index in [9.17, 15) is 4.79 Å². The number of H-pyrrole nitrogens is 1. The van der Waals surface area contributed by atoms with Gasteiger partial charge in [-0.2, -0.15) is 0 Å². The van der Waals surface area contributed by atoms with E-state index in [0.29, 0.717) is 11.8 Å². The van der Waals surface area contributed by atoms with Crippen LogP contribution in [0.3, 0.4) is 0 Å². The van der Waals surface area contributed by atoms with E-state index < -0.39 is 0 Å². The smallest absolute Gasteiger partial charge is 0.317 e. The van der Waals surface area contributed by atoms with Crippen LogP contribution in [0.15, 0.2) is 42.6 Å². The van der Waals surface area contributed by atoms with Crippen molar-refractivity contribution in [2.75, 3.05) is 19.6 Å². The zero-order valence-corrected chi connectivity index (χ0v) is 14.7. The zero-order chi connectivity index (χ0) is 17.1. The molecule has 0 spiro atoms. The van der Waals surface area contributed by atoms with Crippen LogP contribution in [-0.2, 0) is 0 Å². The summed E-state index contributed by atoms with van der Waals surface area (Å²) >= 11 is 0. The molecule has 0 bridgehead atoms. The summed E-state index contributed by atoms with van der Waals surface area (Å²) in [7, 11) is 0. The van der Waals surface area contributed by atoms with Gasteiger partial charge < -0.3 is 15.2 Å². The molecule has 2 aromatic rings. The van der Waals surface area contributed by atoms with Crippen LogP contribution in [0.5, 0.6) is 0 Å². The molecule has 4 nitrogen and oxygen atoms in total. The van der Waals surface area contributed by atoms with Crippen LogP contribution in [0.1, 0.15) is 43.6 Å². The Balaban J connectivity index is 1.30. The average Bonchev–Trinajstić information content (AvgIpc) is 3.11. The van der Waals surface area contributed by atoms with E-state index in [1.807, 2.05) is 4.90 Å². The van der Waals surface area contributed by atoms with Gasteiger partial charge in [0.25, 0.3) is 0 Å². The molecule has 25 heavy (non-hydrogen) atoms. The molecule has 1 aliphatic carbocycles. The van der Waals surface area contributed by atoms with E-state index in [-0.39, 0.29) is 6.03 Å². The van der Waals surface area contributed by atoms with Gasteiger partial charge in [-0.15, -0.1) is 0 Å². The molecule has 0 saturated carbocycles. The second-order valence-electron chi connectivity index (χ2n) is 7.39. The van der Waals surface area contributed by atoms with Crippen LogP contribution < -0.4 is 5.32 Å². The molecule has 2 heterocycles. The van der Waals surface area contributed by atoms with Crippen molar-refractivity contribution in [2.45, 2.75) is 38.0 Å². The highest BCUT2D eigenvalue weighted by molar-refractivity contribution is 5.83. The van der Waals surface area contributed by atoms with Crippen LogP contribution in [-0.4, -0.2) is 35.5 Å². The quantitative estimate of drug-likeness (QED) is 0.801. The minimum Gasteiger partial charge on any atom is -0.361 e. The van der Waals surface area contributed by atoms with Gasteiger partial charge in [0.15, 0.2) is 0 Å². The number of benzene rings is 1. The first-order valence-corrected chi connectivity index (χ1v) is 9.55. The van der Waals surface area contributed by atoms with Gasteiger partial charge in [0.2, 0.25) is 0 Å². The number of aromatic amines is 1. The number of urea groups is 1. The van der Waals surface area contributed by atoms with Crippen molar-refractivity contribution >= 4 is 16.9 Å². The molecule has 1 atom stereocenters. The third-order valence-electron chi connectivity index (χ3n) is 5.76. The molecule has 2 aliphatic rings.